The van der Waals surface area contributed by atoms with E-state index in [1.54, 1.807) is 0 Å². The minimum Gasteiger partial charge on any atom is -0.0845 e. The molecule has 0 saturated carbocycles. The van der Waals surface area contributed by atoms with Crippen molar-refractivity contribution in [2.24, 2.45) is 0 Å². The van der Waals surface area contributed by atoms with Crippen LogP contribution < -0.4 is 0 Å². The number of allylic oxidation sites excluding steroid dienone is 10. The van der Waals surface area contributed by atoms with E-state index < -0.39 is 0 Å². The second kappa shape index (κ2) is 7.35. The molecule has 0 nitrogen and oxygen atoms in total. The van der Waals surface area contributed by atoms with E-state index in [2.05, 4.69) is 36.5 Å². The topological polar surface area (TPSA) is 0 Å². The Kier molecular flexibility index (Phi) is 5.54. The van der Waals surface area contributed by atoms with Gasteiger partial charge in [0, 0.05) is 0 Å². The predicted octanol–water partition coefficient (Wildman–Crippen LogP) is 3.95. The molecule has 1 rings (SSSR count). The summed E-state index contributed by atoms with van der Waals surface area (Å²) >= 11 is 0. The zero-order valence-electron chi connectivity index (χ0n) is 7.89. The van der Waals surface area contributed by atoms with Gasteiger partial charge in [-0.1, -0.05) is 60.8 Å². The Hall–Kier alpha value is -1.30. The molecule has 1 aliphatic carbocycles. The molecule has 0 N–H and O–H groups in total. The third-order valence-electron chi connectivity index (χ3n) is 1.79. The van der Waals surface area contributed by atoms with Gasteiger partial charge in [-0.05, 0) is 19.3 Å². The maximum absolute atomic E-state index is 2.21. The summed E-state index contributed by atoms with van der Waals surface area (Å²) in [4.78, 5) is 0. The fourth-order valence-electron chi connectivity index (χ4n) is 1.09. The van der Waals surface area contributed by atoms with E-state index in [1.807, 2.05) is 24.3 Å². The highest BCUT2D eigenvalue weighted by atomic mass is 13.8. The summed E-state index contributed by atoms with van der Waals surface area (Å²) in [5.74, 6) is 0. The van der Waals surface area contributed by atoms with Crippen LogP contribution in [0.4, 0.5) is 0 Å². The van der Waals surface area contributed by atoms with Crippen LogP contribution in [0.5, 0.6) is 0 Å². The molecule has 13 heavy (non-hydrogen) atoms. The van der Waals surface area contributed by atoms with Gasteiger partial charge in [0.1, 0.15) is 0 Å². The van der Waals surface area contributed by atoms with Gasteiger partial charge in [-0.25, -0.2) is 0 Å². The molecule has 0 saturated heterocycles. The van der Waals surface area contributed by atoms with Gasteiger partial charge in [0.15, 0.2) is 0 Å². The maximum atomic E-state index is 2.21. The fraction of sp³-hybridized carbons (Fsp3) is 0.231. The minimum absolute atomic E-state index is 1.17. The molecule has 0 aromatic carbocycles. The molecule has 1 aliphatic rings. The average molecular weight is 172 g/mol. The first-order valence-electron chi connectivity index (χ1n) is 4.82. The van der Waals surface area contributed by atoms with Crippen LogP contribution in [0, 0.1) is 0 Å². The Morgan fingerprint density at radius 2 is 0.846 bits per heavy atom. The largest absolute Gasteiger partial charge is 0.0845 e. The van der Waals surface area contributed by atoms with Crippen molar-refractivity contribution >= 4 is 0 Å². The molecular formula is C13H16. The van der Waals surface area contributed by atoms with E-state index in [0.717, 1.165) is 0 Å². The van der Waals surface area contributed by atoms with E-state index in [1.165, 1.54) is 19.3 Å². The molecule has 0 aliphatic heterocycles. The first-order valence-corrected chi connectivity index (χ1v) is 4.82. The Bertz CT molecular complexity index is 223. The van der Waals surface area contributed by atoms with Crippen LogP contribution >= 0.6 is 0 Å². The Morgan fingerprint density at radius 3 is 1.31 bits per heavy atom. The quantitative estimate of drug-likeness (QED) is 0.519. The average Bonchev–Trinajstić information content (AvgIpc) is 2.18. The van der Waals surface area contributed by atoms with Gasteiger partial charge in [-0.15, -0.1) is 0 Å². The summed E-state index contributed by atoms with van der Waals surface area (Å²) < 4.78 is 0. The Morgan fingerprint density at radius 1 is 0.462 bits per heavy atom. The molecule has 0 fully saturated rings. The highest BCUT2D eigenvalue weighted by molar-refractivity contribution is 5.18. The molecule has 0 heterocycles. The lowest BCUT2D eigenvalue weighted by Crippen LogP contribution is -1.67. The van der Waals surface area contributed by atoms with E-state index >= 15 is 0 Å². The second-order valence-corrected chi connectivity index (χ2v) is 2.94. The zero-order valence-corrected chi connectivity index (χ0v) is 7.89. The maximum Gasteiger partial charge on any atom is -0.0345 e. The molecule has 0 heteroatoms. The van der Waals surface area contributed by atoms with Crippen LogP contribution in [0.25, 0.3) is 0 Å². The molecule has 0 aromatic rings. The lowest BCUT2D eigenvalue weighted by molar-refractivity contribution is 0.868. The summed E-state index contributed by atoms with van der Waals surface area (Å²) in [7, 11) is 0. The summed E-state index contributed by atoms with van der Waals surface area (Å²) in [5.41, 5.74) is 0. The van der Waals surface area contributed by atoms with Crippen molar-refractivity contribution in [1.29, 1.82) is 0 Å². The van der Waals surface area contributed by atoms with Gasteiger partial charge < -0.3 is 0 Å². The van der Waals surface area contributed by atoms with E-state index in [-0.39, 0.29) is 0 Å². The summed E-state index contributed by atoms with van der Waals surface area (Å²) in [5, 5.41) is 0. The van der Waals surface area contributed by atoms with Crippen LogP contribution in [0.1, 0.15) is 19.3 Å². The van der Waals surface area contributed by atoms with Gasteiger partial charge in [0.25, 0.3) is 0 Å². The zero-order chi connectivity index (χ0) is 9.19. The van der Waals surface area contributed by atoms with E-state index in [4.69, 9.17) is 0 Å². The minimum atomic E-state index is 1.17. The number of hydrogen-bond acceptors (Lipinski definition) is 0. The van der Waals surface area contributed by atoms with E-state index in [0.29, 0.717) is 0 Å². The van der Waals surface area contributed by atoms with Gasteiger partial charge in [0.05, 0.1) is 0 Å². The molecule has 0 unspecified atom stereocenters. The van der Waals surface area contributed by atoms with Gasteiger partial charge in [-0.3, -0.25) is 0 Å². The molecule has 0 spiro atoms. The highest BCUT2D eigenvalue weighted by Gasteiger charge is 1.78. The van der Waals surface area contributed by atoms with Crippen molar-refractivity contribution in [3.8, 4) is 0 Å². The first kappa shape index (κ1) is 9.79. The smallest absolute Gasteiger partial charge is 0.0345 e. The standard InChI is InChI=1S/C13H16/c1-2-4-6-8-10-12-13-11-9-7-5-3-1/h1-10H,11-13H2/b2-1-,5-3+,6-4+,9-7+,10-8+. The number of hydrogen-bond donors (Lipinski definition) is 0. The van der Waals surface area contributed by atoms with E-state index in [9.17, 15) is 0 Å². The van der Waals surface area contributed by atoms with Gasteiger partial charge >= 0.3 is 0 Å². The Balaban J connectivity index is 2.51. The van der Waals surface area contributed by atoms with Crippen molar-refractivity contribution < 1.29 is 0 Å². The van der Waals surface area contributed by atoms with Crippen molar-refractivity contribution in [2.45, 2.75) is 19.3 Å². The fourth-order valence-corrected chi connectivity index (χ4v) is 1.09. The highest BCUT2D eigenvalue weighted by Crippen LogP contribution is 1.99. The van der Waals surface area contributed by atoms with Crippen molar-refractivity contribution in [3.05, 3.63) is 60.8 Å². The number of rotatable bonds is 0. The van der Waals surface area contributed by atoms with Crippen LogP contribution in [-0.4, -0.2) is 0 Å². The van der Waals surface area contributed by atoms with Crippen molar-refractivity contribution in [1.82, 2.24) is 0 Å². The summed E-state index contributed by atoms with van der Waals surface area (Å²) in [6.07, 6.45) is 24.5. The van der Waals surface area contributed by atoms with Crippen LogP contribution in [-0.2, 0) is 0 Å². The van der Waals surface area contributed by atoms with Crippen molar-refractivity contribution in [2.75, 3.05) is 0 Å². The predicted molar refractivity (Wildman–Crippen MR) is 59.6 cm³/mol. The Labute approximate surface area is 80.7 Å². The van der Waals surface area contributed by atoms with Crippen LogP contribution in [0.15, 0.2) is 60.8 Å². The molecular weight excluding hydrogens is 156 g/mol. The molecule has 0 radical (unpaired) electrons. The lowest BCUT2D eigenvalue weighted by atomic mass is 10.2. The summed E-state index contributed by atoms with van der Waals surface area (Å²) in [6.45, 7) is 0. The third-order valence-corrected chi connectivity index (χ3v) is 1.79. The van der Waals surface area contributed by atoms with Gasteiger partial charge in [-0.2, -0.15) is 0 Å². The molecule has 68 valence electrons. The molecule has 0 atom stereocenters. The summed E-state index contributed by atoms with van der Waals surface area (Å²) in [6, 6.07) is 0. The SMILES string of the molecule is C1=C\C=C\C=C\CCC/C=C/C=C/1. The van der Waals surface area contributed by atoms with Crippen LogP contribution in [0.2, 0.25) is 0 Å². The monoisotopic (exact) mass is 172 g/mol. The first-order chi connectivity index (χ1) is 6.50. The van der Waals surface area contributed by atoms with Gasteiger partial charge in [0.2, 0.25) is 0 Å². The second-order valence-electron chi connectivity index (χ2n) is 2.94. The van der Waals surface area contributed by atoms with Crippen LogP contribution in [0.3, 0.4) is 0 Å². The third kappa shape index (κ3) is 5.92. The molecule has 0 amide bonds. The molecule has 0 aromatic heterocycles. The normalized spacial score (nSPS) is 30.2. The molecule has 0 bridgehead atoms. The lowest BCUT2D eigenvalue weighted by Gasteiger charge is -1.87. The van der Waals surface area contributed by atoms with Crippen molar-refractivity contribution in [3.63, 3.8) is 0 Å².